The largest absolute Gasteiger partial charge is 0.508 e. The quantitative estimate of drug-likeness (QED) is 0.676. The SMILES string of the molecule is COC(=O)c1c(C(=O)OC)n(-c2ccc(OC(C)C)cc2)c2ccc(O)cc12. The van der Waals surface area contributed by atoms with Crippen molar-refractivity contribution in [3.63, 3.8) is 0 Å². The van der Waals surface area contributed by atoms with E-state index in [-0.39, 0.29) is 23.1 Å². The Labute approximate surface area is 162 Å². The standard InChI is InChI=1S/C21H21NO6/c1-12(2)28-15-8-5-13(6-9-15)22-17-10-7-14(23)11-16(17)18(20(24)26-3)19(22)21(25)27-4/h5-12,23H,1-4H3. The van der Waals surface area contributed by atoms with Gasteiger partial charge in [0.05, 0.1) is 25.8 Å². The Hall–Kier alpha value is -3.48. The molecular formula is C21H21NO6. The molecule has 0 radical (unpaired) electrons. The highest BCUT2D eigenvalue weighted by molar-refractivity contribution is 6.14. The topological polar surface area (TPSA) is 87.0 Å². The zero-order valence-electron chi connectivity index (χ0n) is 16.1. The number of aromatic nitrogens is 1. The van der Waals surface area contributed by atoms with Gasteiger partial charge in [-0.25, -0.2) is 9.59 Å². The van der Waals surface area contributed by atoms with Gasteiger partial charge in [-0.05, 0) is 56.3 Å². The lowest BCUT2D eigenvalue weighted by molar-refractivity contribution is 0.0551. The number of esters is 2. The monoisotopic (exact) mass is 383 g/mol. The molecule has 0 aliphatic rings. The first-order chi connectivity index (χ1) is 13.4. The average Bonchev–Trinajstić information content (AvgIpc) is 3.01. The number of hydrogen-bond acceptors (Lipinski definition) is 6. The van der Waals surface area contributed by atoms with E-state index >= 15 is 0 Å². The van der Waals surface area contributed by atoms with Crippen molar-refractivity contribution in [3.8, 4) is 17.2 Å². The summed E-state index contributed by atoms with van der Waals surface area (Å²) < 4.78 is 17.0. The van der Waals surface area contributed by atoms with Gasteiger partial charge in [-0.15, -0.1) is 0 Å². The predicted octanol–water partition coefficient (Wildman–Crippen LogP) is 3.70. The number of fused-ring (bicyclic) bond motifs is 1. The third-order valence-electron chi connectivity index (χ3n) is 4.19. The summed E-state index contributed by atoms with van der Waals surface area (Å²) in [6.45, 7) is 3.86. The molecule has 0 atom stereocenters. The lowest BCUT2D eigenvalue weighted by Crippen LogP contribution is -2.15. The minimum atomic E-state index is -0.700. The van der Waals surface area contributed by atoms with Gasteiger partial charge in [0.2, 0.25) is 0 Å². The number of ether oxygens (including phenoxy) is 3. The molecule has 146 valence electrons. The van der Waals surface area contributed by atoms with Crippen LogP contribution in [0.1, 0.15) is 34.7 Å². The Morgan fingerprint density at radius 1 is 0.964 bits per heavy atom. The first-order valence-corrected chi connectivity index (χ1v) is 8.68. The van der Waals surface area contributed by atoms with Gasteiger partial charge in [0.1, 0.15) is 22.8 Å². The lowest BCUT2D eigenvalue weighted by atomic mass is 10.1. The van der Waals surface area contributed by atoms with Crippen molar-refractivity contribution in [2.75, 3.05) is 14.2 Å². The van der Waals surface area contributed by atoms with E-state index in [1.807, 2.05) is 13.8 Å². The second-order valence-corrected chi connectivity index (χ2v) is 6.40. The summed E-state index contributed by atoms with van der Waals surface area (Å²) in [5.41, 5.74) is 1.23. The van der Waals surface area contributed by atoms with E-state index < -0.39 is 11.9 Å². The van der Waals surface area contributed by atoms with E-state index in [1.165, 1.54) is 26.4 Å². The molecule has 0 fully saturated rings. The van der Waals surface area contributed by atoms with Gasteiger partial charge in [-0.2, -0.15) is 0 Å². The number of hydrogen-bond donors (Lipinski definition) is 1. The number of aromatic hydroxyl groups is 1. The maximum absolute atomic E-state index is 12.6. The van der Waals surface area contributed by atoms with Crippen molar-refractivity contribution in [3.05, 3.63) is 53.7 Å². The molecule has 0 saturated heterocycles. The highest BCUT2D eigenvalue weighted by atomic mass is 16.5. The van der Waals surface area contributed by atoms with Gasteiger partial charge in [-0.3, -0.25) is 0 Å². The fourth-order valence-corrected chi connectivity index (χ4v) is 3.09. The highest BCUT2D eigenvalue weighted by Crippen LogP contribution is 2.33. The van der Waals surface area contributed by atoms with E-state index in [1.54, 1.807) is 34.9 Å². The Morgan fingerprint density at radius 2 is 1.61 bits per heavy atom. The first kappa shape index (κ1) is 19.3. The van der Waals surface area contributed by atoms with Gasteiger partial charge in [0.25, 0.3) is 0 Å². The van der Waals surface area contributed by atoms with Crippen LogP contribution in [-0.2, 0) is 9.47 Å². The fraction of sp³-hybridized carbons (Fsp3) is 0.238. The summed E-state index contributed by atoms with van der Waals surface area (Å²) >= 11 is 0. The van der Waals surface area contributed by atoms with Crippen molar-refractivity contribution < 1.29 is 28.9 Å². The molecule has 0 bridgehead atoms. The molecule has 1 N–H and O–H groups in total. The van der Waals surface area contributed by atoms with Gasteiger partial charge in [-0.1, -0.05) is 0 Å². The lowest BCUT2D eigenvalue weighted by Gasteiger charge is -2.13. The molecule has 7 nitrogen and oxygen atoms in total. The van der Waals surface area contributed by atoms with Gasteiger partial charge >= 0.3 is 11.9 Å². The van der Waals surface area contributed by atoms with Crippen LogP contribution in [0.5, 0.6) is 11.5 Å². The number of carbonyl (C=O) groups excluding carboxylic acids is 2. The van der Waals surface area contributed by atoms with Crippen molar-refractivity contribution in [2.45, 2.75) is 20.0 Å². The van der Waals surface area contributed by atoms with Crippen LogP contribution in [-0.4, -0.2) is 41.9 Å². The number of benzene rings is 2. The van der Waals surface area contributed by atoms with Crippen LogP contribution < -0.4 is 4.74 Å². The number of phenols is 1. The van der Waals surface area contributed by atoms with Crippen LogP contribution in [0.2, 0.25) is 0 Å². The van der Waals surface area contributed by atoms with Crippen molar-refractivity contribution in [2.24, 2.45) is 0 Å². The van der Waals surface area contributed by atoms with Crippen LogP contribution in [0, 0.1) is 0 Å². The molecule has 1 heterocycles. The molecule has 0 spiro atoms. The average molecular weight is 383 g/mol. The van der Waals surface area contributed by atoms with Crippen molar-refractivity contribution in [1.82, 2.24) is 4.57 Å². The Morgan fingerprint density at radius 3 is 2.18 bits per heavy atom. The van der Waals surface area contributed by atoms with Gasteiger partial charge < -0.3 is 23.9 Å². The molecule has 7 heteroatoms. The minimum absolute atomic E-state index is 0.0208. The molecule has 3 rings (SSSR count). The predicted molar refractivity (Wildman–Crippen MR) is 103 cm³/mol. The van der Waals surface area contributed by atoms with Gasteiger partial charge in [0, 0.05) is 11.1 Å². The normalized spacial score (nSPS) is 10.9. The Balaban J connectivity index is 2.32. The van der Waals surface area contributed by atoms with Crippen LogP contribution in [0.15, 0.2) is 42.5 Å². The molecule has 0 unspecified atom stereocenters. The van der Waals surface area contributed by atoms with Crippen molar-refractivity contribution >= 4 is 22.8 Å². The zero-order valence-corrected chi connectivity index (χ0v) is 16.1. The Bertz CT molecular complexity index is 1030. The first-order valence-electron chi connectivity index (χ1n) is 8.68. The molecule has 0 saturated carbocycles. The second-order valence-electron chi connectivity index (χ2n) is 6.40. The summed E-state index contributed by atoms with van der Waals surface area (Å²) in [5, 5.41) is 10.3. The Kier molecular flexibility index (Phi) is 5.26. The third-order valence-corrected chi connectivity index (χ3v) is 4.19. The molecule has 3 aromatic rings. The summed E-state index contributed by atoms with van der Waals surface area (Å²) in [6.07, 6.45) is 0.0257. The summed E-state index contributed by atoms with van der Waals surface area (Å²) in [7, 11) is 2.47. The van der Waals surface area contributed by atoms with Crippen molar-refractivity contribution in [1.29, 1.82) is 0 Å². The highest BCUT2D eigenvalue weighted by Gasteiger charge is 2.29. The molecule has 2 aromatic carbocycles. The number of rotatable bonds is 5. The van der Waals surface area contributed by atoms with E-state index in [0.717, 1.165) is 0 Å². The summed E-state index contributed by atoms with van der Waals surface area (Å²) in [6, 6.07) is 11.6. The number of methoxy groups -OCH3 is 2. The van der Waals surface area contributed by atoms with E-state index in [9.17, 15) is 14.7 Å². The number of phenolic OH excluding ortho intramolecular Hbond substituents is 1. The summed E-state index contributed by atoms with van der Waals surface area (Å²) in [5.74, 6) is -0.749. The third kappa shape index (κ3) is 3.38. The molecule has 1 aromatic heterocycles. The maximum atomic E-state index is 12.6. The molecule has 0 aliphatic carbocycles. The van der Waals surface area contributed by atoms with E-state index in [0.29, 0.717) is 22.3 Å². The van der Waals surface area contributed by atoms with E-state index in [2.05, 4.69) is 0 Å². The molecule has 0 amide bonds. The van der Waals surface area contributed by atoms with Crippen LogP contribution in [0.25, 0.3) is 16.6 Å². The number of carbonyl (C=O) groups is 2. The van der Waals surface area contributed by atoms with Crippen LogP contribution >= 0.6 is 0 Å². The zero-order chi connectivity index (χ0) is 20.4. The minimum Gasteiger partial charge on any atom is -0.508 e. The van der Waals surface area contributed by atoms with Gasteiger partial charge in [0.15, 0.2) is 0 Å². The maximum Gasteiger partial charge on any atom is 0.355 e. The van der Waals surface area contributed by atoms with Crippen LogP contribution in [0.4, 0.5) is 0 Å². The fourth-order valence-electron chi connectivity index (χ4n) is 3.09. The second kappa shape index (κ2) is 7.64. The summed E-state index contributed by atoms with van der Waals surface area (Å²) in [4.78, 5) is 25.0. The molecule has 28 heavy (non-hydrogen) atoms. The molecule has 0 aliphatic heterocycles. The van der Waals surface area contributed by atoms with E-state index in [4.69, 9.17) is 14.2 Å². The number of nitrogens with zero attached hydrogens (tertiary/aromatic N) is 1. The smallest absolute Gasteiger partial charge is 0.355 e. The molecular weight excluding hydrogens is 362 g/mol. The van der Waals surface area contributed by atoms with Crippen LogP contribution in [0.3, 0.4) is 0 Å².